The van der Waals surface area contributed by atoms with Crippen molar-refractivity contribution in [1.82, 2.24) is 14.5 Å². The Morgan fingerprint density at radius 2 is 1.87 bits per heavy atom. The maximum atomic E-state index is 12.0. The van der Waals surface area contributed by atoms with E-state index in [0.717, 1.165) is 0 Å². The number of nitrogen functional groups attached to an aromatic ring is 1. The Balaban J connectivity index is 1.56. The Bertz CT molecular complexity index is 1560. The molecule has 0 saturated carbocycles. The van der Waals surface area contributed by atoms with Gasteiger partial charge in [0.15, 0.2) is 0 Å². The molecule has 5 atom stereocenters. The highest BCUT2D eigenvalue weighted by Crippen LogP contribution is 2.66. The van der Waals surface area contributed by atoms with Crippen LogP contribution in [0, 0.1) is 10.1 Å². The zero-order valence-electron chi connectivity index (χ0n) is 19.2. The van der Waals surface area contributed by atoms with Crippen LogP contribution in [0.3, 0.4) is 0 Å². The molecule has 0 spiro atoms. The van der Waals surface area contributed by atoms with Crippen LogP contribution in [0.25, 0.3) is 22.2 Å². The third-order valence-electron chi connectivity index (χ3n) is 5.34. The number of anilines is 1. The topological polar surface area (TPSA) is 289 Å². The smallest absolute Gasteiger partial charge is 0.390 e. The van der Waals surface area contributed by atoms with Gasteiger partial charge < -0.3 is 39.7 Å². The lowest BCUT2D eigenvalue weighted by atomic mass is 10.1. The van der Waals surface area contributed by atoms with Gasteiger partial charge in [-0.05, 0) is 5.56 Å². The van der Waals surface area contributed by atoms with Crippen molar-refractivity contribution in [2.75, 3.05) is 12.3 Å². The van der Waals surface area contributed by atoms with Gasteiger partial charge in [-0.15, -0.1) is 0 Å². The molecule has 1 aliphatic heterocycles. The van der Waals surface area contributed by atoms with Crippen molar-refractivity contribution in [2.45, 2.75) is 24.9 Å². The molecule has 7 N–H and O–H groups in total. The van der Waals surface area contributed by atoms with Gasteiger partial charge in [0.25, 0.3) is 5.69 Å². The first-order valence-electron chi connectivity index (χ1n) is 10.5. The first kappa shape index (κ1) is 29.4. The van der Waals surface area contributed by atoms with Crippen molar-refractivity contribution >= 4 is 46.0 Å². The van der Waals surface area contributed by atoms with Crippen LogP contribution in [0.2, 0.25) is 0 Å². The van der Waals surface area contributed by atoms with Gasteiger partial charge >= 0.3 is 23.5 Å². The normalized spacial score (nSPS) is 22.9. The molecule has 39 heavy (non-hydrogen) atoms. The maximum absolute atomic E-state index is 12.0. The van der Waals surface area contributed by atoms with E-state index in [4.69, 9.17) is 20.3 Å². The van der Waals surface area contributed by atoms with Crippen molar-refractivity contribution in [2.24, 2.45) is 0 Å². The predicted octanol–water partition coefficient (Wildman–Crippen LogP) is 1.58. The van der Waals surface area contributed by atoms with Gasteiger partial charge in [-0.3, -0.25) is 14.6 Å². The second-order valence-electron chi connectivity index (χ2n) is 8.03. The van der Waals surface area contributed by atoms with E-state index < -0.39 is 53.4 Å². The Labute approximate surface area is 217 Å². The molecule has 4 rings (SSSR count). The SMILES string of the molecule is Nc1ncnc2c1c(-c1cccc([N+](=O)[O-])c1)cn2[C@H]1C[C@H](O)[C@@H](COP(=O)(O)OP(=O)(O)OP(=O)(O)O)O1. The molecule has 1 fully saturated rings. The number of nitrogens with zero attached hydrogens (tertiary/aromatic N) is 4. The summed E-state index contributed by atoms with van der Waals surface area (Å²) in [6.45, 7) is -0.866. The van der Waals surface area contributed by atoms with Crippen LogP contribution in [-0.4, -0.2) is 63.0 Å². The van der Waals surface area contributed by atoms with Gasteiger partial charge in [-0.2, -0.15) is 8.62 Å². The number of aliphatic hydroxyl groups excluding tert-OH is 1. The van der Waals surface area contributed by atoms with E-state index in [1.165, 1.54) is 35.3 Å². The highest BCUT2D eigenvalue weighted by molar-refractivity contribution is 7.66. The van der Waals surface area contributed by atoms with Crippen LogP contribution in [0.4, 0.5) is 11.5 Å². The predicted molar refractivity (Wildman–Crippen MR) is 128 cm³/mol. The maximum Gasteiger partial charge on any atom is 0.490 e. The number of nitro benzene ring substituents is 1. The van der Waals surface area contributed by atoms with Crippen molar-refractivity contribution in [3.05, 3.63) is 46.9 Å². The molecule has 0 bridgehead atoms. The van der Waals surface area contributed by atoms with Crippen molar-refractivity contribution in [1.29, 1.82) is 0 Å². The summed E-state index contributed by atoms with van der Waals surface area (Å²) < 4.78 is 53.3. The third-order valence-corrected chi connectivity index (χ3v) is 9.14. The highest BCUT2D eigenvalue weighted by atomic mass is 31.3. The number of ether oxygens (including phenoxy) is 1. The van der Waals surface area contributed by atoms with Crippen LogP contribution in [0.5, 0.6) is 0 Å². The van der Waals surface area contributed by atoms with Crippen LogP contribution in [0.15, 0.2) is 36.8 Å². The molecule has 0 amide bonds. The molecule has 22 heteroatoms. The lowest BCUT2D eigenvalue weighted by Gasteiger charge is -2.19. The fourth-order valence-corrected chi connectivity index (χ4v) is 6.87. The second-order valence-corrected chi connectivity index (χ2v) is 12.5. The van der Waals surface area contributed by atoms with Crippen LogP contribution < -0.4 is 5.73 Å². The van der Waals surface area contributed by atoms with Crippen molar-refractivity contribution in [3.63, 3.8) is 0 Å². The zero-order valence-corrected chi connectivity index (χ0v) is 21.9. The minimum Gasteiger partial charge on any atom is -0.390 e. The number of nitrogens with two attached hydrogens (primary N) is 1. The van der Waals surface area contributed by atoms with E-state index >= 15 is 0 Å². The van der Waals surface area contributed by atoms with E-state index in [0.29, 0.717) is 16.5 Å². The average molecular weight is 611 g/mol. The Kier molecular flexibility index (Phi) is 8.08. The van der Waals surface area contributed by atoms with E-state index in [1.54, 1.807) is 6.07 Å². The Morgan fingerprint density at radius 1 is 1.15 bits per heavy atom. The first-order valence-corrected chi connectivity index (χ1v) is 15.0. The quantitative estimate of drug-likeness (QED) is 0.108. The largest absolute Gasteiger partial charge is 0.490 e. The summed E-state index contributed by atoms with van der Waals surface area (Å²) in [5.41, 5.74) is 6.96. The minimum atomic E-state index is -5.72. The number of aliphatic hydroxyl groups is 1. The molecule has 2 aromatic heterocycles. The van der Waals surface area contributed by atoms with Crippen molar-refractivity contribution in [3.8, 4) is 11.1 Å². The Morgan fingerprint density at radius 3 is 2.54 bits per heavy atom. The number of fused-ring (bicyclic) bond motifs is 1. The molecule has 2 unspecified atom stereocenters. The van der Waals surface area contributed by atoms with E-state index in [1.807, 2.05) is 0 Å². The lowest BCUT2D eigenvalue weighted by molar-refractivity contribution is -0.384. The highest BCUT2D eigenvalue weighted by Gasteiger charge is 2.43. The van der Waals surface area contributed by atoms with Crippen LogP contribution >= 0.6 is 23.5 Å². The number of nitro groups is 1. The van der Waals surface area contributed by atoms with Gasteiger partial charge in [0.05, 0.1) is 23.0 Å². The number of phosphoric ester groups is 1. The van der Waals surface area contributed by atoms with Gasteiger partial charge in [0.1, 0.15) is 30.1 Å². The molecule has 3 heterocycles. The number of benzene rings is 1. The average Bonchev–Trinajstić information content (AvgIpc) is 3.36. The molecule has 3 aromatic rings. The van der Waals surface area contributed by atoms with E-state index in [9.17, 15) is 38.7 Å². The zero-order chi connectivity index (χ0) is 28.8. The van der Waals surface area contributed by atoms with Gasteiger partial charge in [0.2, 0.25) is 0 Å². The van der Waals surface area contributed by atoms with Gasteiger partial charge in [0, 0.05) is 30.3 Å². The van der Waals surface area contributed by atoms with Crippen LogP contribution in [-0.2, 0) is 31.6 Å². The third kappa shape index (κ3) is 6.93. The van der Waals surface area contributed by atoms with Crippen molar-refractivity contribution < 1.29 is 61.2 Å². The number of phosphoric acid groups is 3. The standard InChI is InChI=1S/C17H20N5O14P3/c18-16-15-11(9-2-1-3-10(4-9)22(24)25)6-21(17(15)20-8-19-16)14-5-12(23)13(34-14)7-33-38(29,30)36-39(31,32)35-37(26,27)28/h1-4,6,8,12-14,23H,5,7H2,(H,29,30)(H,31,32)(H2,18,19,20)(H2,26,27,28)/t12-,13+,14+/m0/s1. The number of non-ortho nitro benzene ring substituents is 1. The monoisotopic (exact) mass is 611 g/mol. The van der Waals surface area contributed by atoms with E-state index in [-0.39, 0.29) is 23.6 Å². The fraction of sp³-hybridized carbons (Fsp3) is 0.294. The molecular weight excluding hydrogens is 591 g/mol. The summed E-state index contributed by atoms with van der Waals surface area (Å²) in [5.74, 6) is 0.0583. The molecule has 19 nitrogen and oxygen atoms in total. The second kappa shape index (κ2) is 10.7. The minimum absolute atomic E-state index is 0.0583. The van der Waals surface area contributed by atoms with E-state index in [2.05, 4.69) is 23.1 Å². The Hall–Kier alpha value is -2.63. The summed E-state index contributed by atoms with van der Waals surface area (Å²) in [5, 5.41) is 22.0. The summed E-state index contributed by atoms with van der Waals surface area (Å²) >= 11 is 0. The molecule has 1 aromatic carbocycles. The lowest BCUT2D eigenvalue weighted by Crippen LogP contribution is -2.26. The molecule has 212 valence electrons. The summed E-state index contributed by atoms with van der Waals surface area (Å²) in [4.78, 5) is 54.9. The van der Waals surface area contributed by atoms with Gasteiger partial charge in [-0.1, -0.05) is 12.1 Å². The number of aromatic nitrogens is 3. The molecule has 1 aliphatic rings. The number of rotatable bonds is 10. The molecular formula is C17H20N5O14P3. The molecule has 1 saturated heterocycles. The molecule has 0 aliphatic carbocycles. The first-order chi connectivity index (χ1) is 18.1. The summed E-state index contributed by atoms with van der Waals surface area (Å²) in [6, 6.07) is 5.71. The summed E-state index contributed by atoms with van der Waals surface area (Å²) in [7, 11) is -16.7. The number of hydrogen-bond donors (Lipinski definition) is 6. The number of hydrogen-bond acceptors (Lipinski definition) is 13. The van der Waals surface area contributed by atoms with Gasteiger partial charge in [-0.25, -0.2) is 23.7 Å². The van der Waals surface area contributed by atoms with Crippen LogP contribution in [0.1, 0.15) is 12.6 Å². The fourth-order valence-electron chi connectivity index (χ4n) is 3.84. The molecule has 0 radical (unpaired) electrons. The summed E-state index contributed by atoms with van der Waals surface area (Å²) in [6.07, 6.45) is -0.968.